The van der Waals surface area contributed by atoms with Crippen molar-refractivity contribution in [3.05, 3.63) is 29.5 Å². The molecular formula is C23H35BN2O6. The molecule has 32 heavy (non-hydrogen) atoms. The average molecular weight is 446 g/mol. The number of esters is 1. The fourth-order valence-electron chi connectivity index (χ4n) is 3.38. The van der Waals surface area contributed by atoms with E-state index in [1.807, 2.05) is 43.7 Å². The number of nitrogens with zero attached hydrogens (tertiary/aromatic N) is 1. The molecule has 1 N–H and O–H groups in total. The fourth-order valence-corrected chi connectivity index (χ4v) is 3.38. The van der Waals surface area contributed by atoms with E-state index < -0.39 is 24.8 Å². The highest BCUT2D eigenvalue weighted by Gasteiger charge is 2.26. The van der Waals surface area contributed by atoms with Crippen molar-refractivity contribution in [3.8, 4) is 0 Å². The van der Waals surface area contributed by atoms with Gasteiger partial charge >= 0.3 is 19.2 Å². The van der Waals surface area contributed by atoms with Crippen molar-refractivity contribution in [2.24, 2.45) is 7.05 Å². The van der Waals surface area contributed by atoms with E-state index in [1.54, 1.807) is 27.7 Å². The van der Waals surface area contributed by atoms with Gasteiger partial charge in [-0.1, -0.05) is 19.1 Å². The second-order valence-electron chi connectivity index (χ2n) is 8.39. The standard InChI is InChI=1S/C23H35BN2O6/c1-8-13-31-24(30-10-3)16-11-12-17-18(14-16)26(7)19(20(17)21(27)29-9-2)15-25-22(28)32-23(4,5)6/h11-12,14H,8-10,13,15H2,1-7H3,(H,25,28). The summed E-state index contributed by atoms with van der Waals surface area (Å²) in [5.74, 6) is -0.435. The Morgan fingerprint density at radius 2 is 1.81 bits per heavy atom. The van der Waals surface area contributed by atoms with Crippen LogP contribution < -0.4 is 10.8 Å². The fraction of sp³-hybridized carbons (Fsp3) is 0.565. The minimum Gasteiger partial charge on any atom is -0.462 e. The van der Waals surface area contributed by atoms with Crippen molar-refractivity contribution in [1.29, 1.82) is 0 Å². The van der Waals surface area contributed by atoms with Crippen LogP contribution in [0.1, 0.15) is 64.0 Å². The van der Waals surface area contributed by atoms with E-state index in [1.165, 1.54) is 0 Å². The number of aryl methyl sites for hydroxylation is 1. The van der Waals surface area contributed by atoms with Gasteiger partial charge in [-0.3, -0.25) is 0 Å². The lowest BCUT2D eigenvalue weighted by molar-refractivity contribution is 0.0502. The Labute approximate surface area is 190 Å². The van der Waals surface area contributed by atoms with Gasteiger partial charge < -0.3 is 28.7 Å². The third-order valence-electron chi connectivity index (χ3n) is 4.69. The first-order valence-corrected chi connectivity index (χ1v) is 11.1. The van der Waals surface area contributed by atoms with E-state index in [9.17, 15) is 9.59 Å². The largest absolute Gasteiger partial charge is 0.493 e. The zero-order valence-corrected chi connectivity index (χ0v) is 20.2. The van der Waals surface area contributed by atoms with Crippen LogP contribution in [-0.4, -0.2) is 49.2 Å². The molecule has 1 heterocycles. The smallest absolute Gasteiger partial charge is 0.462 e. The van der Waals surface area contributed by atoms with Crippen molar-refractivity contribution >= 4 is 35.5 Å². The van der Waals surface area contributed by atoms with E-state index in [0.717, 1.165) is 22.8 Å². The number of aromatic nitrogens is 1. The second-order valence-corrected chi connectivity index (χ2v) is 8.39. The summed E-state index contributed by atoms with van der Waals surface area (Å²) < 4.78 is 24.1. The molecule has 2 rings (SSSR count). The Balaban J connectivity index is 2.47. The first-order valence-electron chi connectivity index (χ1n) is 11.1. The normalized spacial score (nSPS) is 11.5. The molecule has 0 saturated heterocycles. The van der Waals surface area contributed by atoms with Gasteiger partial charge in [0.15, 0.2) is 0 Å². The number of amides is 1. The Bertz CT molecular complexity index is 935. The first kappa shape index (κ1) is 25.7. The number of rotatable bonds is 10. The van der Waals surface area contributed by atoms with E-state index >= 15 is 0 Å². The van der Waals surface area contributed by atoms with Gasteiger partial charge in [-0.15, -0.1) is 0 Å². The van der Waals surface area contributed by atoms with E-state index in [2.05, 4.69) is 5.32 Å². The van der Waals surface area contributed by atoms with Crippen molar-refractivity contribution in [2.75, 3.05) is 19.8 Å². The molecule has 0 unspecified atom stereocenters. The molecule has 1 aromatic heterocycles. The molecule has 0 spiro atoms. The van der Waals surface area contributed by atoms with Crippen molar-refractivity contribution in [3.63, 3.8) is 0 Å². The van der Waals surface area contributed by atoms with Gasteiger partial charge in [-0.05, 0) is 52.6 Å². The van der Waals surface area contributed by atoms with Gasteiger partial charge in [-0.25, -0.2) is 9.59 Å². The van der Waals surface area contributed by atoms with Crippen LogP contribution in [0.25, 0.3) is 10.9 Å². The van der Waals surface area contributed by atoms with Crippen molar-refractivity contribution in [2.45, 2.75) is 60.1 Å². The molecule has 9 heteroatoms. The Kier molecular flexibility index (Phi) is 9.15. The van der Waals surface area contributed by atoms with Crippen LogP contribution in [0.3, 0.4) is 0 Å². The summed E-state index contributed by atoms with van der Waals surface area (Å²) in [6, 6.07) is 5.71. The number of hydrogen-bond acceptors (Lipinski definition) is 6. The third kappa shape index (κ3) is 6.49. The van der Waals surface area contributed by atoms with Gasteiger partial charge in [-0.2, -0.15) is 0 Å². The molecule has 8 nitrogen and oxygen atoms in total. The average Bonchev–Trinajstić information content (AvgIpc) is 3.00. The minimum atomic E-state index is -0.616. The molecule has 0 aliphatic rings. The summed E-state index contributed by atoms with van der Waals surface area (Å²) in [6.07, 6.45) is 0.325. The van der Waals surface area contributed by atoms with E-state index in [-0.39, 0.29) is 13.2 Å². The van der Waals surface area contributed by atoms with Crippen molar-refractivity contribution in [1.82, 2.24) is 9.88 Å². The van der Waals surface area contributed by atoms with Crippen LogP contribution in [0.15, 0.2) is 18.2 Å². The number of ether oxygens (including phenoxy) is 2. The Morgan fingerprint density at radius 3 is 2.41 bits per heavy atom. The molecule has 176 valence electrons. The minimum absolute atomic E-state index is 0.116. The van der Waals surface area contributed by atoms with Crippen LogP contribution in [0.4, 0.5) is 4.79 Å². The summed E-state index contributed by atoms with van der Waals surface area (Å²) >= 11 is 0. The zero-order valence-electron chi connectivity index (χ0n) is 20.2. The zero-order chi connectivity index (χ0) is 23.9. The van der Waals surface area contributed by atoms with Crippen LogP contribution in [0.2, 0.25) is 0 Å². The van der Waals surface area contributed by atoms with Crippen molar-refractivity contribution < 1.29 is 28.4 Å². The Morgan fingerprint density at radius 1 is 1.09 bits per heavy atom. The molecular weight excluding hydrogens is 411 g/mol. The van der Waals surface area contributed by atoms with E-state index in [0.29, 0.717) is 24.5 Å². The van der Waals surface area contributed by atoms with Crippen LogP contribution in [-0.2, 0) is 32.4 Å². The lowest BCUT2D eigenvalue weighted by Crippen LogP contribution is -2.37. The first-order chi connectivity index (χ1) is 15.1. The van der Waals surface area contributed by atoms with Crippen LogP contribution in [0.5, 0.6) is 0 Å². The quantitative estimate of drug-likeness (QED) is 0.444. The van der Waals surface area contributed by atoms with E-state index in [4.69, 9.17) is 18.8 Å². The molecule has 1 amide bonds. The molecule has 0 fully saturated rings. The third-order valence-corrected chi connectivity index (χ3v) is 4.69. The highest BCUT2D eigenvalue weighted by atomic mass is 16.6. The summed E-state index contributed by atoms with van der Waals surface area (Å²) in [5, 5.41) is 3.48. The highest BCUT2D eigenvalue weighted by molar-refractivity contribution is 6.61. The van der Waals surface area contributed by atoms with Gasteiger partial charge in [0.2, 0.25) is 0 Å². The molecule has 2 aromatic rings. The summed E-state index contributed by atoms with van der Waals surface area (Å²) in [7, 11) is 1.36. The number of benzene rings is 1. The molecule has 0 atom stereocenters. The topological polar surface area (TPSA) is 88.0 Å². The number of hydrogen-bond donors (Lipinski definition) is 1. The molecule has 0 bridgehead atoms. The summed E-state index contributed by atoms with van der Waals surface area (Å²) in [5.41, 5.74) is 2.11. The van der Waals surface area contributed by atoms with Gasteiger partial charge in [0.25, 0.3) is 0 Å². The second kappa shape index (κ2) is 11.4. The molecule has 0 aliphatic heterocycles. The maximum absolute atomic E-state index is 12.8. The molecule has 1 aromatic carbocycles. The van der Waals surface area contributed by atoms with Gasteiger partial charge in [0, 0.05) is 31.2 Å². The SMILES string of the molecule is CCCOB(OCC)c1ccc2c(C(=O)OCC)c(CNC(=O)OC(C)(C)C)n(C)c2c1. The Hall–Kier alpha value is -2.52. The number of fused-ring (bicyclic) bond motifs is 1. The molecule has 0 saturated carbocycles. The lowest BCUT2D eigenvalue weighted by atomic mass is 9.78. The molecule has 0 aliphatic carbocycles. The lowest BCUT2D eigenvalue weighted by Gasteiger charge is -2.20. The summed E-state index contributed by atoms with van der Waals surface area (Å²) in [4.78, 5) is 25.0. The number of carbonyl (C=O) groups excluding carboxylic acids is 2. The maximum Gasteiger partial charge on any atom is 0.493 e. The predicted molar refractivity (Wildman–Crippen MR) is 125 cm³/mol. The number of carbonyl (C=O) groups is 2. The highest BCUT2D eigenvalue weighted by Crippen LogP contribution is 2.26. The van der Waals surface area contributed by atoms with Crippen LogP contribution in [0, 0.1) is 0 Å². The predicted octanol–water partition coefficient (Wildman–Crippen LogP) is 3.54. The van der Waals surface area contributed by atoms with Crippen LogP contribution >= 0.6 is 0 Å². The van der Waals surface area contributed by atoms with Gasteiger partial charge in [0.05, 0.1) is 24.4 Å². The van der Waals surface area contributed by atoms with Gasteiger partial charge in [0.1, 0.15) is 5.60 Å². The monoisotopic (exact) mass is 446 g/mol. The maximum atomic E-state index is 12.8. The molecule has 0 radical (unpaired) electrons. The summed E-state index contributed by atoms with van der Waals surface area (Å²) in [6.45, 7) is 12.6. The number of nitrogens with one attached hydrogen (secondary N) is 1. The number of alkyl carbamates (subject to hydrolysis) is 1.